The Bertz CT molecular complexity index is 1500. The van der Waals surface area contributed by atoms with Crippen LogP contribution in [0.15, 0.2) is 83.3 Å². The fourth-order valence-corrected chi connectivity index (χ4v) is 4.06. The molecule has 5 aromatic rings. The van der Waals surface area contributed by atoms with Crippen molar-refractivity contribution in [2.24, 2.45) is 0 Å². The highest BCUT2D eigenvalue weighted by Crippen LogP contribution is 2.33. The summed E-state index contributed by atoms with van der Waals surface area (Å²) >= 11 is 12.1. The van der Waals surface area contributed by atoms with Crippen LogP contribution in [0.1, 0.15) is 6.92 Å². The molecule has 0 spiro atoms. The van der Waals surface area contributed by atoms with Gasteiger partial charge in [0.2, 0.25) is 5.89 Å². The number of oxazole rings is 1. The second-order valence-corrected chi connectivity index (χ2v) is 8.37. The summed E-state index contributed by atoms with van der Waals surface area (Å²) in [6.07, 6.45) is -0.802. The molecule has 0 saturated carbocycles. The van der Waals surface area contributed by atoms with Gasteiger partial charge in [-0.05, 0) is 48.7 Å². The number of carbonyl (C=O) groups is 1. The quantitative estimate of drug-likeness (QED) is 0.287. The van der Waals surface area contributed by atoms with Gasteiger partial charge in [-0.25, -0.2) is 4.98 Å². The van der Waals surface area contributed by atoms with Crippen LogP contribution in [0, 0.1) is 0 Å². The highest BCUT2D eigenvalue weighted by molar-refractivity contribution is 6.35. The maximum absolute atomic E-state index is 12.9. The first-order valence-electron chi connectivity index (χ1n) is 10.3. The van der Waals surface area contributed by atoms with E-state index in [-0.39, 0.29) is 5.91 Å². The number of fused-ring (bicyclic) bond motifs is 3. The van der Waals surface area contributed by atoms with Crippen molar-refractivity contribution in [3.05, 3.63) is 88.9 Å². The molecule has 33 heavy (non-hydrogen) atoms. The molecule has 0 aliphatic rings. The molecular formula is C26H18Cl2N2O3. The molecule has 164 valence electrons. The number of benzene rings is 4. The van der Waals surface area contributed by atoms with E-state index in [0.29, 0.717) is 38.5 Å². The summed E-state index contributed by atoms with van der Waals surface area (Å²) in [5.41, 5.74) is 2.69. The van der Waals surface area contributed by atoms with Gasteiger partial charge < -0.3 is 14.5 Å². The van der Waals surface area contributed by atoms with Gasteiger partial charge in [0.15, 0.2) is 11.7 Å². The van der Waals surface area contributed by atoms with Gasteiger partial charge >= 0.3 is 0 Å². The molecule has 1 N–H and O–H groups in total. The Morgan fingerprint density at radius 2 is 1.79 bits per heavy atom. The standard InChI is InChI=1S/C26H18Cl2N2O3/c1-15(32-22-13-11-17(27)14-20(22)28)25(31)29-21-9-5-4-8-19(21)26-30-24-18-7-3-2-6-16(18)10-12-23(24)33-26/h2-15H,1H3,(H,29,31). The number of anilines is 1. The number of ether oxygens (including phenoxy) is 1. The van der Waals surface area contributed by atoms with Crippen LogP contribution >= 0.6 is 23.2 Å². The summed E-state index contributed by atoms with van der Waals surface area (Å²) < 4.78 is 11.8. The zero-order valence-electron chi connectivity index (χ0n) is 17.5. The van der Waals surface area contributed by atoms with E-state index >= 15 is 0 Å². The third kappa shape index (κ3) is 4.25. The monoisotopic (exact) mass is 476 g/mol. The van der Waals surface area contributed by atoms with Crippen LogP contribution in [0.2, 0.25) is 10.0 Å². The Hall–Kier alpha value is -3.54. The number of rotatable bonds is 5. The highest BCUT2D eigenvalue weighted by atomic mass is 35.5. The van der Waals surface area contributed by atoms with Crippen LogP contribution in [0.25, 0.3) is 33.3 Å². The van der Waals surface area contributed by atoms with Crippen LogP contribution in [0.4, 0.5) is 5.69 Å². The van der Waals surface area contributed by atoms with E-state index in [1.54, 1.807) is 31.2 Å². The minimum atomic E-state index is -0.802. The van der Waals surface area contributed by atoms with E-state index in [4.69, 9.17) is 37.3 Å². The molecule has 1 unspecified atom stereocenters. The molecule has 1 atom stereocenters. The van der Waals surface area contributed by atoms with Crippen LogP contribution in [-0.4, -0.2) is 17.0 Å². The van der Waals surface area contributed by atoms with E-state index in [1.165, 1.54) is 0 Å². The van der Waals surface area contributed by atoms with Crippen LogP contribution < -0.4 is 10.1 Å². The normalized spacial score (nSPS) is 12.1. The van der Waals surface area contributed by atoms with E-state index < -0.39 is 6.10 Å². The fourth-order valence-electron chi connectivity index (χ4n) is 3.60. The first-order valence-corrected chi connectivity index (χ1v) is 11.1. The molecule has 1 aromatic heterocycles. The number of hydrogen-bond donors (Lipinski definition) is 1. The van der Waals surface area contributed by atoms with Gasteiger partial charge in [-0.15, -0.1) is 0 Å². The summed E-state index contributed by atoms with van der Waals surface area (Å²) in [5.74, 6) is 0.462. The van der Waals surface area contributed by atoms with Gasteiger partial charge in [-0.2, -0.15) is 0 Å². The predicted molar refractivity (Wildman–Crippen MR) is 132 cm³/mol. The summed E-state index contributed by atoms with van der Waals surface area (Å²) in [6.45, 7) is 1.65. The number of carbonyl (C=O) groups excluding carboxylic acids is 1. The smallest absolute Gasteiger partial charge is 0.265 e. The minimum absolute atomic E-state index is 0.334. The number of para-hydroxylation sites is 1. The number of aromatic nitrogens is 1. The lowest BCUT2D eigenvalue weighted by Crippen LogP contribution is -2.30. The van der Waals surface area contributed by atoms with Crippen molar-refractivity contribution in [1.29, 1.82) is 0 Å². The average Bonchev–Trinajstić information content (AvgIpc) is 3.26. The van der Waals surface area contributed by atoms with Crippen molar-refractivity contribution >= 4 is 56.7 Å². The Morgan fingerprint density at radius 1 is 1.00 bits per heavy atom. The van der Waals surface area contributed by atoms with Gasteiger partial charge in [0, 0.05) is 10.4 Å². The third-order valence-corrected chi connectivity index (χ3v) is 5.80. The summed E-state index contributed by atoms with van der Waals surface area (Å²) in [5, 5.41) is 5.82. The van der Waals surface area contributed by atoms with Gasteiger partial charge in [0.1, 0.15) is 11.3 Å². The highest BCUT2D eigenvalue weighted by Gasteiger charge is 2.20. The molecule has 0 aliphatic carbocycles. The average molecular weight is 477 g/mol. The molecule has 5 rings (SSSR count). The zero-order chi connectivity index (χ0) is 22.9. The van der Waals surface area contributed by atoms with Gasteiger partial charge in [0.25, 0.3) is 5.91 Å². The molecule has 0 fully saturated rings. The van der Waals surface area contributed by atoms with Gasteiger partial charge in [-0.1, -0.05) is 65.7 Å². The van der Waals surface area contributed by atoms with Crippen molar-refractivity contribution < 1.29 is 13.9 Å². The van der Waals surface area contributed by atoms with E-state index in [0.717, 1.165) is 16.3 Å². The predicted octanol–water partition coefficient (Wildman–Crippen LogP) is 7.36. The molecule has 0 bridgehead atoms. The number of nitrogens with one attached hydrogen (secondary N) is 1. The second-order valence-electron chi connectivity index (χ2n) is 7.52. The third-order valence-electron chi connectivity index (χ3n) is 5.27. The maximum atomic E-state index is 12.9. The lowest BCUT2D eigenvalue weighted by atomic mass is 10.1. The van der Waals surface area contributed by atoms with Crippen molar-refractivity contribution in [2.45, 2.75) is 13.0 Å². The summed E-state index contributed by atoms with van der Waals surface area (Å²) in [4.78, 5) is 17.6. The number of nitrogens with zero attached hydrogens (tertiary/aromatic N) is 1. The summed E-state index contributed by atoms with van der Waals surface area (Å²) in [7, 11) is 0. The van der Waals surface area contributed by atoms with Crippen LogP contribution in [0.3, 0.4) is 0 Å². The lowest BCUT2D eigenvalue weighted by Gasteiger charge is -2.16. The van der Waals surface area contributed by atoms with Crippen molar-refractivity contribution in [2.75, 3.05) is 5.32 Å². The topological polar surface area (TPSA) is 64.4 Å². The molecule has 1 heterocycles. The Labute approximate surface area is 199 Å². The Kier molecular flexibility index (Phi) is 5.67. The fraction of sp³-hybridized carbons (Fsp3) is 0.0769. The SMILES string of the molecule is CC(Oc1ccc(Cl)cc1Cl)C(=O)Nc1ccccc1-c1nc2c(ccc3ccccc32)o1. The van der Waals surface area contributed by atoms with Crippen molar-refractivity contribution in [1.82, 2.24) is 4.98 Å². The molecular weight excluding hydrogens is 459 g/mol. The van der Waals surface area contributed by atoms with E-state index in [2.05, 4.69) is 5.32 Å². The Morgan fingerprint density at radius 3 is 2.64 bits per heavy atom. The zero-order valence-corrected chi connectivity index (χ0v) is 19.0. The minimum Gasteiger partial charge on any atom is -0.479 e. The lowest BCUT2D eigenvalue weighted by molar-refractivity contribution is -0.122. The van der Waals surface area contributed by atoms with E-state index in [9.17, 15) is 4.79 Å². The number of amides is 1. The van der Waals surface area contributed by atoms with Crippen LogP contribution in [-0.2, 0) is 4.79 Å². The van der Waals surface area contributed by atoms with Crippen molar-refractivity contribution in [3.8, 4) is 17.2 Å². The number of hydrogen-bond acceptors (Lipinski definition) is 4. The molecule has 5 nitrogen and oxygen atoms in total. The first kappa shape index (κ1) is 21.3. The van der Waals surface area contributed by atoms with Gasteiger partial charge in [0.05, 0.1) is 16.3 Å². The largest absolute Gasteiger partial charge is 0.479 e. The molecule has 0 radical (unpaired) electrons. The second kappa shape index (κ2) is 8.77. The summed E-state index contributed by atoms with van der Waals surface area (Å²) in [6, 6.07) is 24.1. The number of halogens is 2. The molecule has 0 aliphatic heterocycles. The van der Waals surface area contributed by atoms with Crippen LogP contribution in [0.5, 0.6) is 5.75 Å². The van der Waals surface area contributed by atoms with Gasteiger partial charge in [-0.3, -0.25) is 4.79 Å². The van der Waals surface area contributed by atoms with Crippen molar-refractivity contribution in [3.63, 3.8) is 0 Å². The molecule has 4 aromatic carbocycles. The molecule has 7 heteroatoms. The molecule has 0 saturated heterocycles. The first-order chi connectivity index (χ1) is 16.0. The maximum Gasteiger partial charge on any atom is 0.265 e. The van der Waals surface area contributed by atoms with E-state index in [1.807, 2.05) is 54.6 Å². The molecule has 1 amide bonds. The Balaban J connectivity index is 1.43.